The van der Waals surface area contributed by atoms with E-state index in [-0.39, 0.29) is 5.41 Å². The zero-order valence-corrected chi connectivity index (χ0v) is 20.3. The molecular weight excluding hydrogens is 414 g/mol. The minimum absolute atomic E-state index is 0.154. The Morgan fingerprint density at radius 3 is 2.73 bits per heavy atom. The van der Waals surface area contributed by atoms with Crippen molar-refractivity contribution in [1.29, 1.82) is 0 Å². The zero-order valence-electron chi connectivity index (χ0n) is 21.3. The van der Waals surface area contributed by atoms with Crippen molar-refractivity contribution in [2.75, 3.05) is 40.1 Å². The predicted molar refractivity (Wildman–Crippen MR) is 129 cm³/mol. The Kier molecular flexibility index (Phi) is 5.34. The molecule has 2 aromatic heterocycles. The number of anilines is 1. The molecule has 1 saturated carbocycles. The molecule has 1 aliphatic heterocycles. The quantitative estimate of drug-likeness (QED) is 0.569. The van der Waals surface area contributed by atoms with Crippen molar-refractivity contribution < 1.29 is 6.11 Å². The third-order valence-electron chi connectivity index (χ3n) is 6.76. The molecule has 1 atom stereocenters. The van der Waals surface area contributed by atoms with Crippen LogP contribution in [0.4, 0.5) is 5.95 Å². The van der Waals surface area contributed by atoms with E-state index in [1.807, 2.05) is 32.6 Å². The van der Waals surface area contributed by atoms with Crippen LogP contribution in [-0.2, 0) is 38.6 Å². The first-order valence-corrected chi connectivity index (χ1v) is 11.6. The fourth-order valence-electron chi connectivity index (χ4n) is 5.32. The lowest BCUT2D eigenvalue weighted by atomic mass is 9.82. The van der Waals surface area contributed by atoms with Crippen molar-refractivity contribution in [3.8, 4) is 5.88 Å². The van der Waals surface area contributed by atoms with Crippen molar-refractivity contribution >= 4 is 5.95 Å². The van der Waals surface area contributed by atoms with Crippen LogP contribution in [0.2, 0.25) is 0 Å². The molecule has 33 heavy (non-hydrogen) atoms. The average molecular weight is 451 g/mol. The third-order valence-corrected chi connectivity index (χ3v) is 6.76. The van der Waals surface area contributed by atoms with Crippen LogP contribution < -0.4 is 10.1 Å². The van der Waals surface area contributed by atoms with Gasteiger partial charge in [-0.3, -0.25) is 4.90 Å². The Morgan fingerprint density at radius 2 is 2.06 bits per heavy atom. The van der Waals surface area contributed by atoms with Crippen LogP contribution >= 0.6 is 0 Å². The van der Waals surface area contributed by atoms with Gasteiger partial charge in [-0.1, -0.05) is 12.1 Å². The van der Waals surface area contributed by atoms with Crippen LogP contribution in [0.1, 0.15) is 42.2 Å². The second-order valence-corrected chi connectivity index (χ2v) is 9.70. The molecule has 0 saturated heterocycles. The van der Waals surface area contributed by atoms with Gasteiger partial charge in [0, 0.05) is 65.5 Å². The van der Waals surface area contributed by atoms with Crippen molar-refractivity contribution in [2.45, 2.75) is 44.4 Å². The molecule has 176 valence electrons. The lowest BCUT2D eigenvalue weighted by molar-refractivity contribution is 0.208. The first-order chi connectivity index (χ1) is 16.3. The highest BCUT2D eigenvalue weighted by molar-refractivity contribution is 5.49. The average Bonchev–Trinajstić information content (AvgIpc) is 3.24. The standard InChI is InChI=1S/C25H35N7O/c1-26-24-27-8-9-32(24)13-18-10-19(14-29(2)3)23-20(11-18)15-31(17-25(23)6-7-25)16-21-12-22(33-5)30(4)28-21/h8-12H,6-7,13-17H2,1-5H3,(H,26,27)/i15D. The van der Waals surface area contributed by atoms with Gasteiger partial charge in [0.05, 0.1) is 19.3 Å². The van der Waals surface area contributed by atoms with E-state index in [0.717, 1.165) is 42.7 Å². The monoisotopic (exact) mass is 450 g/mol. The van der Waals surface area contributed by atoms with E-state index in [9.17, 15) is 1.37 Å². The van der Waals surface area contributed by atoms with E-state index in [1.165, 1.54) is 29.5 Å². The predicted octanol–water partition coefficient (Wildman–Crippen LogP) is 2.82. The number of fused-ring (bicyclic) bond motifs is 2. The van der Waals surface area contributed by atoms with Gasteiger partial charge >= 0.3 is 0 Å². The first-order valence-electron chi connectivity index (χ1n) is 12.1. The minimum Gasteiger partial charge on any atom is -0.481 e. The largest absolute Gasteiger partial charge is 0.481 e. The van der Waals surface area contributed by atoms with E-state index in [1.54, 1.807) is 11.8 Å². The van der Waals surface area contributed by atoms with Crippen molar-refractivity contribution in [3.05, 3.63) is 58.5 Å². The molecule has 2 aliphatic rings. The Bertz CT molecular complexity index is 1180. The third kappa shape index (κ3) is 4.25. The number of imidazole rings is 1. The Balaban J connectivity index is 1.53. The van der Waals surface area contributed by atoms with E-state index in [4.69, 9.17) is 4.74 Å². The first kappa shape index (κ1) is 20.7. The fourth-order valence-corrected chi connectivity index (χ4v) is 5.32. The van der Waals surface area contributed by atoms with Crippen LogP contribution in [0.15, 0.2) is 30.6 Å². The lowest BCUT2D eigenvalue weighted by Crippen LogP contribution is -2.38. The summed E-state index contributed by atoms with van der Waals surface area (Å²) >= 11 is 0. The molecule has 8 heteroatoms. The second-order valence-electron chi connectivity index (χ2n) is 9.70. The van der Waals surface area contributed by atoms with E-state index in [2.05, 4.69) is 56.0 Å². The molecule has 1 unspecified atom stereocenters. The number of nitrogens with zero attached hydrogens (tertiary/aromatic N) is 6. The topological polar surface area (TPSA) is 63.4 Å². The molecule has 1 aromatic carbocycles. The maximum absolute atomic E-state index is 9.29. The van der Waals surface area contributed by atoms with Gasteiger partial charge in [-0.25, -0.2) is 9.67 Å². The van der Waals surface area contributed by atoms with E-state index < -0.39 is 6.52 Å². The van der Waals surface area contributed by atoms with Crippen molar-refractivity contribution in [2.24, 2.45) is 7.05 Å². The summed E-state index contributed by atoms with van der Waals surface area (Å²) in [7, 11) is 9.69. The zero-order chi connectivity index (χ0) is 24.0. The smallest absolute Gasteiger partial charge is 0.211 e. The molecule has 1 aliphatic carbocycles. The van der Waals surface area contributed by atoms with Gasteiger partial charge in [-0.05, 0) is 49.2 Å². The molecule has 1 spiro atoms. The molecular formula is C25H35N7O. The summed E-state index contributed by atoms with van der Waals surface area (Å²) in [6, 6.07) is 6.59. The summed E-state index contributed by atoms with van der Waals surface area (Å²) in [4.78, 5) is 8.90. The fraction of sp³-hybridized carbons (Fsp3) is 0.520. The van der Waals surface area contributed by atoms with Crippen LogP contribution in [0.25, 0.3) is 0 Å². The van der Waals surface area contributed by atoms with Gasteiger partial charge in [0.15, 0.2) is 0 Å². The minimum atomic E-state index is -0.429. The molecule has 1 fully saturated rings. The van der Waals surface area contributed by atoms with Crippen molar-refractivity contribution in [1.82, 2.24) is 29.1 Å². The number of aromatic nitrogens is 4. The van der Waals surface area contributed by atoms with Gasteiger partial charge in [0.2, 0.25) is 11.8 Å². The Hall–Kier alpha value is -2.84. The number of hydrogen-bond donors (Lipinski definition) is 1. The number of rotatable bonds is 8. The number of ether oxygens (including phenoxy) is 1. The van der Waals surface area contributed by atoms with Gasteiger partial charge in [0.1, 0.15) is 0 Å². The highest BCUT2D eigenvalue weighted by atomic mass is 16.5. The number of benzene rings is 1. The molecule has 1 N–H and O–H groups in total. The van der Waals surface area contributed by atoms with Gasteiger partial charge in [0.25, 0.3) is 0 Å². The maximum atomic E-state index is 9.29. The summed E-state index contributed by atoms with van der Waals surface area (Å²) in [5.41, 5.74) is 6.22. The summed E-state index contributed by atoms with van der Waals surface area (Å²) in [5, 5.41) is 7.78. The van der Waals surface area contributed by atoms with E-state index in [0.29, 0.717) is 6.54 Å². The van der Waals surface area contributed by atoms with Crippen LogP contribution in [-0.4, -0.2) is 63.9 Å². The van der Waals surface area contributed by atoms with E-state index >= 15 is 0 Å². The molecule has 0 bridgehead atoms. The number of aryl methyl sites for hydroxylation is 1. The summed E-state index contributed by atoms with van der Waals surface area (Å²) in [5.74, 6) is 1.59. The lowest BCUT2D eigenvalue weighted by Gasteiger charge is -2.37. The number of methoxy groups -OCH3 is 1. The highest BCUT2D eigenvalue weighted by Crippen LogP contribution is 2.54. The molecule has 5 rings (SSSR count). The van der Waals surface area contributed by atoms with Gasteiger partial charge in [-0.15, -0.1) is 0 Å². The molecule has 0 amide bonds. The molecule has 8 nitrogen and oxygen atoms in total. The maximum Gasteiger partial charge on any atom is 0.211 e. The highest BCUT2D eigenvalue weighted by Gasteiger charge is 2.50. The van der Waals surface area contributed by atoms with Gasteiger partial charge < -0.3 is 19.5 Å². The number of nitrogens with one attached hydrogen (secondary N) is 1. The summed E-state index contributed by atoms with van der Waals surface area (Å²) in [6.07, 6.45) is 6.18. The SMILES string of the molecule is [2H]C1c2cc(Cn3ccnc3NC)cc(CN(C)C)c2C2(CC2)CN1Cc1cc(OC)n(C)n1. The van der Waals surface area contributed by atoms with Crippen LogP contribution in [0.5, 0.6) is 5.88 Å². The molecule has 0 radical (unpaired) electrons. The Morgan fingerprint density at radius 1 is 1.24 bits per heavy atom. The van der Waals surface area contributed by atoms with Gasteiger partial charge in [-0.2, -0.15) is 5.10 Å². The molecule has 3 aromatic rings. The van der Waals surface area contributed by atoms with Crippen LogP contribution in [0, 0.1) is 0 Å². The van der Waals surface area contributed by atoms with Crippen LogP contribution in [0.3, 0.4) is 0 Å². The molecule has 3 heterocycles. The normalized spacial score (nSPS) is 19.6. The Labute approximate surface area is 197 Å². The summed E-state index contributed by atoms with van der Waals surface area (Å²) < 4.78 is 18.6. The van der Waals surface area contributed by atoms with Crippen molar-refractivity contribution in [3.63, 3.8) is 0 Å². The number of hydrogen-bond acceptors (Lipinski definition) is 6. The summed E-state index contributed by atoms with van der Waals surface area (Å²) in [6.45, 7) is 2.72. The second kappa shape index (κ2) is 8.50.